The summed E-state index contributed by atoms with van der Waals surface area (Å²) in [5.74, 6) is -0.284. The van der Waals surface area contributed by atoms with Gasteiger partial charge in [0.25, 0.3) is 5.91 Å². The largest absolute Gasteiger partial charge is 0.349 e. The van der Waals surface area contributed by atoms with E-state index in [0.29, 0.717) is 12.1 Å². The predicted octanol–water partition coefficient (Wildman–Crippen LogP) is 1.91. The number of carbonyl (C=O) groups excluding carboxylic acids is 1. The number of sulfone groups is 1. The molecule has 2 fully saturated rings. The summed E-state index contributed by atoms with van der Waals surface area (Å²) in [7, 11) is -3.40. The summed E-state index contributed by atoms with van der Waals surface area (Å²) in [6.45, 7) is 1.59. The number of fused-ring (bicyclic) bond motifs is 2. The van der Waals surface area contributed by atoms with E-state index < -0.39 is 9.84 Å². The van der Waals surface area contributed by atoms with Gasteiger partial charge in [-0.1, -0.05) is 19.1 Å². The predicted molar refractivity (Wildman–Crippen MR) is 91.9 cm³/mol. The van der Waals surface area contributed by atoms with Crippen molar-refractivity contribution >= 4 is 28.2 Å². The van der Waals surface area contributed by atoms with Crippen molar-refractivity contribution in [2.45, 2.75) is 55.6 Å². The van der Waals surface area contributed by atoms with E-state index in [1.54, 1.807) is 25.1 Å². The van der Waals surface area contributed by atoms with Crippen LogP contribution in [0.3, 0.4) is 0 Å². The van der Waals surface area contributed by atoms with E-state index in [-0.39, 0.29) is 40.6 Å². The molecule has 128 valence electrons. The third kappa shape index (κ3) is 3.87. The Hall–Kier alpha value is -1.11. The van der Waals surface area contributed by atoms with Crippen molar-refractivity contribution in [1.82, 2.24) is 10.6 Å². The van der Waals surface area contributed by atoms with E-state index in [0.717, 1.165) is 25.7 Å². The second kappa shape index (κ2) is 7.20. The summed E-state index contributed by atoms with van der Waals surface area (Å²) in [5, 5.41) is 6.56. The first-order valence-corrected chi connectivity index (χ1v) is 9.53. The van der Waals surface area contributed by atoms with E-state index >= 15 is 0 Å². The van der Waals surface area contributed by atoms with Crippen LogP contribution in [0.5, 0.6) is 0 Å². The van der Waals surface area contributed by atoms with Crippen molar-refractivity contribution in [3.63, 3.8) is 0 Å². The van der Waals surface area contributed by atoms with Crippen LogP contribution in [0.15, 0.2) is 29.2 Å². The molecular weight excluding hydrogens is 336 g/mol. The molecular formula is C16H23ClN2O3S. The third-order valence-corrected chi connectivity index (χ3v) is 6.44. The molecule has 0 aromatic heterocycles. The number of rotatable bonds is 4. The van der Waals surface area contributed by atoms with Gasteiger partial charge in [0.2, 0.25) is 0 Å². The van der Waals surface area contributed by atoms with E-state index in [9.17, 15) is 13.2 Å². The molecule has 1 amide bonds. The van der Waals surface area contributed by atoms with Crippen LogP contribution in [0, 0.1) is 0 Å². The maximum Gasteiger partial charge on any atom is 0.252 e. The van der Waals surface area contributed by atoms with Gasteiger partial charge >= 0.3 is 0 Å². The summed E-state index contributed by atoms with van der Waals surface area (Å²) in [4.78, 5) is 12.7. The van der Waals surface area contributed by atoms with Crippen LogP contribution in [-0.4, -0.2) is 38.2 Å². The first-order valence-electron chi connectivity index (χ1n) is 7.88. The lowest BCUT2D eigenvalue weighted by atomic mass is 9.99. The van der Waals surface area contributed by atoms with Gasteiger partial charge in [-0.25, -0.2) is 8.42 Å². The number of piperidine rings is 1. The van der Waals surface area contributed by atoms with Crippen molar-refractivity contribution in [2.24, 2.45) is 0 Å². The minimum atomic E-state index is -3.40. The zero-order valence-corrected chi connectivity index (χ0v) is 14.8. The number of carbonyl (C=O) groups is 1. The molecule has 2 heterocycles. The van der Waals surface area contributed by atoms with Crippen LogP contribution in [-0.2, 0) is 9.84 Å². The highest BCUT2D eigenvalue weighted by molar-refractivity contribution is 7.91. The Morgan fingerprint density at radius 1 is 1.22 bits per heavy atom. The molecule has 2 saturated heterocycles. The molecule has 0 radical (unpaired) electrons. The van der Waals surface area contributed by atoms with E-state index in [1.165, 1.54) is 6.07 Å². The maximum atomic E-state index is 12.5. The van der Waals surface area contributed by atoms with Gasteiger partial charge in [0, 0.05) is 18.1 Å². The normalized spacial score (nSPS) is 26.4. The highest BCUT2D eigenvalue weighted by atomic mass is 35.5. The molecule has 2 N–H and O–H groups in total. The van der Waals surface area contributed by atoms with Crippen LogP contribution >= 0.6 is 12.4 Å². The van der Waals surface area contributed by atoms with Crippen molar-refractivity contribution in [3.05, 3.63) is 29.8 Å². The fourth-order valence-corrected chi connectivity index (χ4v) is 4.61. The average molecular weight is 359 g/mol. The molecule has 2 aliphatic heterocycles. The number of amides is 1. The number of halogens is 1. The molecule has 23 heavy (non-hydrogen) atoms. The van der Waals surface area contributed by atoms with Gasteiger partial charge in [-0.2, -0.15) is 0 Å². The van der Waals surface area contributed by atoms with Crippen molar-refractivity contribution in [1.29, 1.82) is 0 Å². The maximum absolute atomic E-state index is 12.5. The molecule has 7 heteroatoms. The number of hydrogen-bond donors (Lipinski definition) is 2. The Balaban J connectivity index is 0.00000192. The SMILES string of the molecule is CCS(=O)(=O)c1ccccc1C(=O)NC1CC2CCC(C1)N2.Cl. The third-order valence-electron chi connectivity index (χ3n) is 4.66. The average Bonchev–Trinajstić information content (AvgIpc) is 2.86. The van der Waals surface area contributed by atoms with Crippen LogP contribution in [0.2, 0.25) is 0 Å². The lowest BCUT2D eigenvalue weighted by molar-refractivity contribution is 0.0920. The van der Waals surface area contributed by atoms with Gasteiger partial charge < -0.3 is 10.6 Å². The Labute approximate surface area is 143 Å². The second-order valence-electron chi connectivity index (χ2n) is 6.18. The van der Waals surface area contributed by atoms with Gasteiger partial charge in [0.05, 0.1) is 16.2 Å². The van der Waals surface area contributed by atoms with Crippen molar-refractivity contribution in [2.75, 3.05) is 5.75 Å². The Morgan fingerprint density at radius 2 is 1.83 bits per heavy atom. The fourth-order valence-electron chi connectivity index (χ4n) is 3.52. The highest BCUT2D eigenvalue weighted by Gasteiger charge is 2.34. The Kier molecular flexibility index (Phi) is 5.70. The quantitative estimate of drug-likeness (QED) is 0.862. The summed E-state index contributed by atoms with van der Waals surface area (Å²) < 4.78 is 24.3. The van der Waals surface area contributed by atoms with E-state index in [4.69, 9.17) is 0 Å². The number of benzene rings is 1. The molecule has 3 rings (SSSR count). The molecule has 5 nitrogen and oxygen atoms in total. The summed E-state index contributed by atoms with van der Waals surface area (Å²) in [5.41, 5.74) is 0.259. The smallest absolute Gasteiger partial charge is 0.252 e. The van der Waals surface area contributed by atoms with Crippen LogP contribution in [0.4, 0.5) is 0 Å². The lowest BCUT2D eigenvalue weighted by Crippen LogP contribution is -2.48. The summed E-state index contributed by atoms with van der Waals surface area (Å²) in [6.07, 6.45) is 4.17. The van der Waals surface area contributed by atoms with Gasteiger partial charge in [-0.3, -0.25) is 4.79 Å². The summed E-state index contributed by atoms with van der Waals surface area (Å²) >= 11 is 0. The topological polar surface area (TPSA) is 75.3 Å². The minimum absolute atomic E-state index is 0. The molecule has 0 saturated carbocycles. The second-order valence-corrected chi connectivity index (χ2v) is 8.43. The zero-order valence-electron chi connectivity index (χ0n) is 13.1. The molecule has 2 aliphatic rings. The van der Waals surface area contributed by atoms with E-state index in [1.807, 2.05) is 0 Å². The van der Waals surface area contributed by atoms with Crippen molar-refractivity contribution < 1.29 is 13.2 Å². The Bertz CT molecular complexity index is 666. The van der Waals surface area contributed by atoms with Gasteiger partial charge in [-0.15, -0.1) is 12.4 Å². The lowest BCUT2D eigenvalue weighted by Gasteiger charge is -2.29. The summed E-state index contributed by atoms with van der Waals surface area (Å²) in [6, 6.07) is 7.56. The standard InChI is InChI=1S/C16H22N2O3S.ClH/c1-2-22(20,21)15-6-4-3-5-14(15)16(19)18-13-9-11-7-8-12(10-13)17-11;/h3-6,11-13,17H,2,7-10H2,1H3,(H,18,19);1H. The molecule has 1 aromatic rings. The molecule has 2 atom stereocenters. The van der Waals surface area contributed by atoms with Crippen molar-refractivity contribution in [3.8, 4) is 0 Å². The van der Waals surface area contributed by atoms with Gasteiger partial charge in [-0.05, 0) is 37.8 Å². The monoisotopic (exact) mass is 358 g/mol. The molecule has 0 aliphatic carbocycles. The van der Waals surface area contributed by atoms with Gasteiger partial charge in [0.1, 0.15) is 0 Å². The Morgan fingerprint density at radius 3 is 2.43 bits per heavy atom. The van der Waals surface area contributed by atoms with Gasteiger partial charge in [0.15, 0.2) is 9.84 Å². The first kappa shape index (κ1) is 18.2. The molecule has 0 spiro atoms. The number of nitrogens with one attached hydrogen (secondary N) is 2. The first-order chi connectivity index (χ1) is 10.5. The van der Waals surface area contributed by atoms with E-state index in [2.05, 4.69) is 10.6 Å². The molecule has 2 bridgehead atoms. The van der Waals surface area contributed by atoms with Crippen LogP contribution < -0.4 is 10.6 Å². The van der Waals surface area contributed by atoms with Crippen LogP contribution in [0.1, 0.15) is 43.0 Å². The zero-order chi connectivity index (χ0) is 15.7. The highest BCUT2D eigenvalue weighted by Crippen LogP contribution is 2.27. The molecule has 1 aromatic carbocycles. The minimum Gasteiger partial charge on any atom is -0.349 e. The molecule has 2 unspecified atom stereocenters. The van der Waals surface area contributed by atoms with Crippen LogP contribution in [0.25, 0.3) is 0 Å². The number of hydrogen-bond acceptors (Lipinski definition) is 4. The fraction of sp³-hybridized carbons (Fsp3) is 0.562.